The summed E-state index contributed by atoms with van der Waals surface area (Å²) in [5.41, 5.74) is 3.07. The standard InChI is InChI=1S/C25H22N2O4/c1-16-8-10-18(11-9-16)22-21(23(28)19-6-3-7-20(13-19)31-2)24(29)25(30)27(22)15-17-5-4-12-26-14-17/h3-14,22,28H,15H2,1-2H3/b23-21-. The second kappa shape index (κ2) is 8.44. The summed E-state index contributed by atoms with van der Waals surface area (Å²) >= 11 is 0. The van der Waals surface area contributed by atoms with Crippen LogP contribution in [0.1, 0.15) is 28.3 Å². The van der Waals surface area contributed by atoms with Crippen molar-refractivity contribution in [1.82, 2.24) is 9.88 Å². The van der Waals surface area contributed by atoms with Gasteiger partial charge in [0, 0.05) is 24.5 Å². The Bertz CT molecular complexity index is 1150. The first-order valence-corrected chi connectivity index (χ1v) is 9.88. The Morgan fingerprint density at radius 3 is 2.55 bits per heavy atom. The monoisotopic (exact) mass is 414 g/mol. The number of nitrogens with zero attached hydrogens (tertiary/aromatic N) is 2. The van der Waals surface area contributed by atoms with Gasteiger partial charge in [-0.15, -0.1) is 0 Å². The Hall–Kier alpha value is -3.93. The van der Waals surface area contributed by atoms with Crippen molar-refractivity contribution in [3.63, 3.8) is 0 Å². The van der Waals surface area contributed by atoms with E-state index >= 15 is 0 Å². The molecule has 6 heteroatoms. The van der Waals surface area contributed by atoms with Gasteiger partial charge in [0.05, 0.1) is 18.7 Å². The Kier molecular flexibility index (Phi) is 5.54. The SMILES string of the molecule is COc1cccc(/C(O)=C2/C(=O)C(=O)N(Cc3cccnc3)C2c2ccc(C)cc2)c1. The molecule has 6 nitrogen and oxygen atoms in total. The maximum Gasteiger partial charge on any atom is 0.295 e. The van der Waals surface area contributed by atoms with Crippen LogP contribution in [0.25, 0.3) is 5.76 Å². The number of Topliss-reactive ketones (excluding diaryl/α,β-unsaturated/α-hetero) is 1. The van der Waals surface area contributed by atoms with Crippen molar-refractivity contribution in [2.24, 2.45) is 0 Å². The number of aryl methyl sites for hydroxylation is 1. The smallest absolute Gasteiger partial charge is 0.295 e. The minimum absolute atomic E-state index is 0.0611. The summed E-state index contributed by atoms with van der Waals surface area (Å²) in [4.78, 5) is 31.7. The van der Waals surface area contributed by atoms with Crippen molar-refractivity contribution in [2.75, 3.05) is 7.11 Å². The minimum atomic E-state index is -0.716. The van der Waals surface area contributed by atoms with Gasteiger partial charge in [-0.05, 0) is 36.2 Å². The number of hydrogen-bond acceptors (Lipinski definition) is 5. The Labute approximate surface area is 180 Å². The number of pyridine rings is 1. The highest BCUT2D eigenvalue weighted by molar-refractivity contribution is 6.46. The number of likely N-dealkylation sites (tertiary alicyclic amines) is 1. The lowest BCUT2D eigenvalue weighted by Gasteiger charge is -2.25. The molecule has 0 bridgehead atoms. The average Bonchev–Trinajstić information content (AvgIpc) is 3.05. The van der Waals surface area contributed by atoms with Gasteiger partial charge in [0.2, 0.25) is 0 Å². The molecule has 1 saturated heterocycles. The molecule has 2 heterocycles. The van der Waals surface area contributed by atoms with Crippen molar-refractivity contribution >= 4 is 17.4 Å². The molecule has 1 amide bonds. The molecule has 1 aliphatic heterocycles. The first kappa shape index (κ1) is 20.3. The average molecular weight is 414 g/mol. The van der Waals surface area contributed by atoms with Crippen LogP contribution in [-0.4, -0.2) is 33.8 Å². The zero-order valence-corrected chi connectivity index (χ0v) is 17.3. The minimum Gasteiger partial charge on any atom is -0.507 e. The van der Waals surface area contributed by atoms with Crippen molar-refractivity contribution < 1.29 is 19.4 Å². The molecular weight excluding hydrogens is 392 g/mol. The molecule has 3 aromatic rings. The highest BCUT2D eigenvalue weighted by Gasteiger charge is 2.46. The highest BCUT2D eigenvalue weighted by atomic mass is 16.5. The molecule has 1 fully saturated rings. The van der Waals surface area contributed by atoms with Crippen LogP contribution in [0.3, 0.4) is 0 Å². The summed E-state index contributed by atoms with van der Waals surface area (Å²) < 4.78 is 5.24. The van der Waals surface area contributed by atoms with Gasteiger partial charge < -0.3 is 14.7 Å². The molecule has 0 saturated carbocycles. The lowest BCUT2D eigenvalue weighted by atomic mass is 9.94. The number of hydrogen-bond donors (Lipinski definition) is 1. The molecule has 1 aliphatic rings. The van der Waals surface area contributed by atoms with E-state index in [1.807, 2.05) is 37.3 Å². The zero-order valence-electron chi connectivity index (χ0n) is 17.3. The van der Waals surface area contributed by atoms with E-state index in [1.54, 1.807) is 42.7 Å². The molecule has 4 rings (SSSR count). The van der Waals surface area contributed by atoms with Gasteiger partial charge in [-0.2, -0.15) is 0 Å². The number of rotatable bonds is 5. The van der Waals surface area contributed by atoms with Crippen LogP contribution in [0.4, 0.5) is 0 Å². The van der Waals surface area contributed by atoms with E-state index in [-0.39, 0.29) is 17.9 Å². The molecule has 0 aliphatic carbocycles. The molecule has 1 atom stereocenters. The van der Waals surface area contributed by atoms with Crippen LogP contribution in [0.2, 0.25) is 0 Å². The van der Waals surface area contributed by atoms with E-state index in [0.717, 1.165) is 16.7 Å². The first-order chi connectivity index (χ1) is 15.0. The molecule has 0 spiro atoms. The predicted octanol–water partition coefficient (Wildman–Crippen LogP) is 4.02. The van der Waals surface area contributed by atoms with Crippen LogP contribution in [0, 0.1) is 6.92 Å². The van der Waals surface area contributed by atoms with Crippen LogP contribution in [0.15, 0.2) is 78.6 Å². The molecule has 2 aromatic carbocycles. The molecule has 0 radical (unpaired) electrons. The van der Waals surface area contributed by atoms with Crippen molar-refractivity contribution in [3.8, 4) is 5.75 Å². The van der Waals surface area contributed by atoms with Gasteiger partial charge in [0.1, 0.15) is 11.5 Å². The summed E-state index contributed by atoms with van der Waals surface area (Å²) in [7, 11) is 1.53. The zero-order chi connectivity index (χ0) is 22.0. The Balaban J connectivity index is 1.86. The number of amides is 1. The third-order valence-corrected chi connectivity index (χ3v) is 5.35. The number of ketones is 1. The van der Waals surface area contributed by atoms with Gasteiger partial charge >= 0.3 is 0 Å². The highest BCUT2D eigenvalue weighted by Crippen LogP contribution is 2.40. The summed E-state index contributed by atoms with van der Waals surface area (Å²) in [6.45, 7) is 2.17. The second-order valence-electron chi connectivity index (χ2n) is 7.43. The summed E-state index contributed by atoms with van der Waals surface area (Å²) in [6, 6.07) is 17.3. The van der Waals surface area contributed by atoms with E-state index in [4.69, 9.17) is 4.74 Å². The van der Waals surface area contributed by atoms with Gasteiger partial charge in [0.25, 0.3) is 11.7 Å². The maximum absolute atomic E-state index is 13.1. The molecular formula is C25H22N2O4. The fourth-order valence-electron chi connectivity index (χ4n) is 3.75. The molecule has 31 heavy (non-hydrogen) atoms. The number of aromatic nitrogens is 1. The number of ether oxygens (including phenoxy) is 1. The van der Waals surface area contributed by atoms with Gasteiger partial charge in [-0.25, -0.2) is 0 Å². The van der Waals surface area contributed by atoms with E-state index in [2.05, 4.69) is 4.98 Å². The third-order valence-electron chi connectivity index (χ3n) is 5.35. The van der Waals surface area contributed by atoms with E-state index in [9.17, 15) is 14.7 Å². The summed E-state index contributed by atoms with van der Waals surface area (Å²) in [6.07, 6.45) is 3.31. The Morgan fingerprint density at radius 1 is 1.10 bits per heavy atom. The van der Waals surface area contributed by atoms with Crippen molar-refractivity contribution in [1.29, 1.82) is 0 Å². The lowest BCUT2D eigenvalue weighted by molar-refractivity contribution is -0.140. The lowest BCUT2D eigenvalue weighted by Crippen LogP contribution is -2.29. The molecule has 1 aromatic heterocycles. The number of methoxy groups -OCH3 is 1. The van der Waals surface area contributed by atoms with E-state index in [1.165, 1.54) is 12.0 Å². The summed E-state index contributed by atoms with van der Waals surface area (Å²) in [5.74, 6) is -1.05. The van der Waals surface area contributed by atoms with Gasteiger partial charge in [-0.1, -0.05) is 48.0 Å². The molecule has 1 unspecified atom stereocenters. The first-order valence-electron chi connectivity index (χ1n) is 9.88. The quantitative estimate of drug-likeness (QED) is 0.388. The van der Waals surface area contributed by atoms with Crippen molar-refractivity contribution in [3.05, 3.63) is 101 Å². The second-order valence-corrected chi connectivity index (χ2v) is 7.43. The number of aliphatic hydroxyl groups is 1. The number of carbonyl (C=O) groups excluding carboxylic acids is 2. The number of carbonyl (C=O) groups is 2. The van der Waals surface area contributed by atoms with Gasteiger partial charge in [0.15, 0.2) is 0 Å². The van der Waals surface area contributed by atoms with E-state index in [0.29, 0.717) is 11.3 Å². The van der Waals surface area contributed by atoms with Crippen molar-refractivity contribution in [2.45, 2.75) is 19.5 Å². The normalized spacial score (nSPS) is 17.7. The van der Waals surface area contributed by atoms with Crippen LogP contribution in [0.5, 0.6) is 5.75 Å². The maximum atomic E-state index is 13.1. The fraction of sp³-hybridized carbons (Fsp3) is 0.160. The fourth-order valence-corrected chi connectivity index (χ4v) is 3.75. The summed E-state index contributed by atoms with van der Waals surface area (Å²) in [5, 5.41) is 11.1. The largest absolute Gasteiger partial charge is 0.507 e. The molecule has 1 N–H and O–H groups in total. The van der Waals surface area contributed by atoms with Crippen LogP contribution >= 0.6 is 0 Å². The Morgan fingerprint density at radius 2 is 1.87 bits per heavy atom. The topological polar surface area (TPSA) is 79.7 Å². The van der Waals surface area contributed by atoms with Crippen LogP contribution < -0.4 is 4.74 Å². The predicted molar refractivity (Wildman–Crippen MR) is 116 cm³/mol. The molecule has 156 valence electrons. The van der Waals surface area contributed by atoms with Crippen LogP contribution in [-0.2, 0) is 16.1 Å². The number of benzene rings is 2. The third kappa shape index (κ3) is 3.92. The van der Waals surface area contributed by atoms with E-state index < -0.39 is 17.7 Å². The van der Waals surface area contributed by atoms with Gasteiger partial charge in [-0.3, -0.25) is 14.6 Å². The number of aliphatic hydroxyl groups excluding tert-OH is 1.